The molecule has 0 rings (SSSR count). The van der Waals surface area contributed by atoms with E-state index in [1.165, 1.54) is 128 Å². The van der Waals surface area contributed by atoms with Gasteiger partial charge >= 0.3 is 11.9 Å². The minimum absolute atomic E-state index is 0.141. The number of carboxylic acids is 1. The number of carbonyl (C=O) groups is 3. The fourth-order valence-corrected chi connectivity index (χ4v) is 9.12. The van der Waals surface area contributed by atoms with E-state index in [1.807, 2.05) is 21.1 Å². The van der Waals surface area contributed by atoms with Crippen molar-refractivity contribution < 1.29 is 42.9 Å². The van der Waals surface area contributed by atoms with Crippen molar-refractivity contribution in [3.8, 4) is 0 Å². The van der Waals surface area contributed by atoms with Gasteiger partial charge < -0.3 is 33.3 Å². The van der Waals surface area contributed by atoms with E-state index in [0.29, 0.717) is 17.4 Å². The second-order valence-electron chi connectivity index (χ2n) is 23.3. The highest BCUT2D eigenvalue weighted by atomic mass is 16.7. The van der Waals surface area contributed by atoms with E-state index in [9.17, 15) is 19.5 Å². The van der Waals surface area contributed by atoms with Crippen LogP contribution < -0.4 is 5.11 Å². The van der Waals surface area contributed by atoms with Crippen molar-refractivity contribution in [2.24, 2.45) is 0 Å². The summed E-state index contributed by atoms with van der Waals surface area (Å²) < 4.78 is 22.8. The molecule has 2 atom stereocenters. The number of carboxylic acid groups (broad SMARTS) is 1. The van der Waals surface area contributed by atoms with E-state index in [2.05, 4.69) is 135 Å². The Morgan fingerprint density at radius 2 is 0.651 bits per heavy atom. The third-order valence-electron chi connectivity index (χ3n) is 14.2. The number of carbonyl (C=O) groups excluding carboxylic acids is 3. The Balaban J connectivity index is 4.16. The van der Waals surface area contributed by atoms with Crippen LogP contribution in [0, 0.1) is 0 Å². The number of hydrogen-bond acceptors (Lipinski definition) is 8. The van der Waals surface area contributed by atoms with E-state index < -0.39 is 24.3 Å². The molecule has 0 aromatic heterocycles. The first-order valence-corrected chi connectivity index (χ1v) is 33.7. The maximum Gasteiger partial charge on any atom is 0.306 e. The van der Waals surface area contributed by atoms with Gasteiger partial charge in [0.05, 0.1) is 40.3 Å². The molecule has 0 amide bonds. The van der Waals surface area contributed by atoms with Gasteiger partial charge in [-0.25, -0.2) is 0 Å². The molecular formula is C74H125NO8. The lowest BCUT2D eigenvalue weighted by Gasteiger charge is -2.26. The number of ether oxygens (including phenoxy) is 4. The predicted octanol–water partition coefficient (Wildman–Crippen LogP) is 19.5. The van der Waals surface area contributed by atoms with Crippen LogP contribution in [0.5, 0.6) is 0 Å². The zero-order valence-electron chi connectivity index (χ0n) is 54.0. The summed E-state index contributed by atoms with van der Waals surface area (Å²) in [5.41, 5.74) is 0. The monoisotopic (exact) mass is 1160 g/mol. The summed E-state index contributed by atoms with van der Waals surface area (Å²) in [6.07, 6.45) is 86.9. The third kappa shape index (κ3) is 65.1. The molecule has 83 heavy (non-hydrogen) atoms. The summed E-state index contributed by atoms with van der Waals surface area (Å²) in [6, 6.07) is 0. The van der Waals surface area contributed by atoms with Gasteiger partial charge in [0, 0.05) is 12.8 Å². The van der Waals surface area contributed by atoms with E-state index in [1.54, 1.807) is 0 Å². The molecule has 0 saturated carbocycles. The predicted molar refractivity (Wildman–Crippen MR) is 352 cm³/mol. The molecular weight excluding hydrogens is 1030 g/mol. The lowest BCUT2D eigenvalue weighted by Crippen LogP contribution is -2.44. The fourth-order valence-electron chi connectivity index (χ4n) is 9.12. The fraction of sp³-hybridized carbons (Fsp3) is 0.689. The maximum absolute atomic E-state index is 12.9. The molecule has 0 heterocycles. The Morgan fingerprint density at radius 1 is 0.361 bits per heavy atom. The molecule has 0 aliphatic heterocycles. The lowest BCUT2D eigenvalue weighted by atomic mass is 10.0. The molecule has 0 radical (unpaired) electrons. The van der Waals surface area contributed by atoms with Crippen LogP contribution in [0.3, 0.4) is 0 Å². The summed E-state index contributed by atoms with van der Waals surface area (Å²) in [5, 5.41) is 11.8. The van der Waals surface area contributed by atoms with Gasteiger partial charge in [-0.15, -0.1) is 0 Å². The SMILES string of the molecule is CC/C=C\C/C=C\C/C=C\C/C=C\C/C=C\C/C=C\CCCCCCCCCCC(=O)OC(COC(=O)CCCCCCCCCCCCCCCCCCCC/C=C\C/C=C\C/C=C\C/C=C\CC)COC(OCC[N+](C)(C)C)C(=O)[O-]. The smallest absolute Gasteiger partial charge is 0.306 e. The van der Waals surface area contributed by atoms with Gasteiger partial charge in [0.1, 0.15) is 13.2 Å². The molecule has 0 aromatic carbocycles. The second kappa shape index (κ2) is 63.7. The molecule has 0 aliphatic carbocycles. The van der Waals surface area contributed by atoms with Crippen LogP contribution in [-0.2, 0) is 33.3 Å². The summed E-state index contributed by atoms with van der Waals surface area (Å²) >= 11 is 0. The zero-order valence-corrected chi connectivity index (χ0v) is 54.0. The highest BCUT2D eigenvalue weighted by Crippen LogP contribution is 2.17. The molecule has 0 aliphatic rings. The second-order valence-corrected chi connectivity index (χ2v) is 23.3. The van der Waals surface area contributed by atoms with Crippen molar-refractivity contribution in [3.63, 3.8) is 0 Å². The van der Waals surface area contributed by atoms with Crippen molar-refractivity contribution in [2.75, 3.05) is 47.5 Å². The molecule has 0 aromatic rings. The van der Waals surface area contributed by atoms with E-state index in [4.69, 9.17) is 18.9 Å². The highest BCUT2D eigenvalue weighted by molar-refractivity contribution is 5.70. The molecule has 0 bridgehead atoms. The Kier molecular flexibility index (Phi) is 60.4. The van der Waals surface area contributed by atoms with E-state index >= 15 is 0 Å². The number of rotatable bonds is 61. The first-order valence-electron chi connectivity index (χ1n) is 33.7. The minimum Gasteiger partial charge on any atom is -0.545 e. The molecule has 2 unspecified atom stereocenters. The normalized spacial score (nSPS) is 13.5. The van der Waals surface area contributed by atoms with Gasteiger partial charge in [-0.05, 0) is 103 Å². The number of esters is 2. The zero-order chi connectivity index (χ0) is 60.5. The number of allylic oxidation sites excluding steroid dienone is 20. The van der Waals surface area contributed by atoms with Gasteiger partial charge in [0.2, 0.25) is 0 Å². The van der Waals surface area contributed by atoms with Crippen LogP contribution in [0.15, 0.2) is 122 Å². The molecule has 9 heteroatoms. The lowest BCUT2D eigenvalue weighted by molar-refractivity contribution is -0.870. The molecule has 474 valence electrons. The molecule has 0 N–H and O–H groups in total. The summed E-state index contributed by atoms with van der Waals surface area (Å²) in [4.78, 5) is 37.5. The van der Waals surface area contributed by atoms with Gasteiger partial charge in [0.15, 0.2) is 12.4 Å². The Bertz CT molecular complexity index is 1780. The van der Waals surface area contributed by atoms with Crippen molar-refractivity contribution in [3.05, 3.63) is 122 Å². The third-order valence-corrected chi connectivity index (χ3v) is 14.2. The van der Waals surface area contributed by atoms with Crippen LogP contribution in [0.25, 0.3) is 0 Å². The Hall–Kier alpha value is -4.31. The number of unbranched alkanes of at least 4 members (excludes halogenated alkanes) is 26. The summed E-state index contributed by atoms with van der Waals surface area (Å²) in [7, 11) is 5.92. The van der Waals surface area contributed by atoms with Crippen LogP contribution >= 0.6 is 0 Å². The average Bonchev–Trinajstić information content (AvgIpc) is 3.46. The largest absolute Gasteiger partial charge is 0.545 e. The van der Waals surface area contributed by atoms with Gasteiger partial charge in [0.25, 0.3) is 0 Å². The maximum atomic E-state index is 12.9. The Morgan fingerprint density at radius 3 is 0.964 bits per heavy atom. The van der Waals surface area contributed by atoms with Crippen LogP contribution in [0.2, 0.25) is 0 Å². The van der Waals surface area contributed by atoms with Crippen molar-refractivity contribution in [2.45, 2.75) is 283 Å². The summed E-state index contributed by atoms with van der Waals surface area (Å²) in [6.45, 7) is 4.52. The number of quaternary nitrogens is 1. The first kappa shape index (κ1) is 78.7. The van der Waals surface area contributed by atoms with Crippen LogP contribution in [0.4, 0.5) is 0 Å². The molecule has 0 fully saturated rings. The topological polar surface area (TPSA) is 111 Å². The number of nitrogens with zero attached hydrogens (tertiary/aromatic N) is 1. The van der Waals surface area contributed by atoms with Crippen LogP contribution in [-0.4, -0.2) is 82.3 Å². The van der Waals surface area contributed by atoms with E-state index in [-0.39, 0.29) is 38.6 Å². The first-order chi connectivity index (χ1) is 40.6. The van der Waals surface area contributed by atoms with Gasteiger partial charge in [-0.1, -0.05) is 277 Å². The molecule has 0 spiro atoms. The summed E-state index contributed by atoms with van der Waals surface area (Å²) in [5.74, 6) is -2.29. The van der Waals surface area contributed by atoms with Crippen LogP contribution in [0.1, 0.15) is 271 Å². The van der Waals surface area contributed by atoms with Gasteiger partial charge in [-0.3, -0.25) is 9.59 Å². The van der Waals surface area contributed by atoms with Crippen molar-refractivity contribution in [1.29, 1.82) is 0 Å². The standard InChI is InChI=1S/C74H125NO8/c1-6-8-10-12-14-16-18-20-22-24-26-28-30-32-34-35-36-37-39-40-42-44-46-48-50-52-54-56-58-60-62-64-71(76)81-68-70(69-82-74(73(78)79)80-67-66-75(3,4)5)83-72(77)65-63-61-59-57-55-53-51-49-47-45-43-41-38-33-31-29-27-25-23-21-19-17-15-13-11-9-7-2/h8-11,14-17,20-23,26-29,33,38,43,45,70,74H,6-7,12-13,18-19,24-25,30-32,34-37,39-42,44,46-69H2,1-5H3/b10-8-,11-9-,16-14-,17-15-,22-20-,23-21-,28-26-,29-27-,38-33-,45-43-. The van der Waals surface area contributed by atoms with Gasteiger partial charge in [-0.2, -0.15) is 0 Å². The van der Waals surface area contributed by atoms with E-state index in [0.717, 1.165) is 109 Å². The quantitative estimate of drug-likeness (QED) is 0.0195. The average molecular weight is 1160 g/mol. The number of hydrogen-bond donors (Lipinski definition) is 0. The Labute approximate surface area is 510 Å². The van der Waals surface area contributed by atoms with Crippen molar-refractivity contribution >= 4 is 17.9 Å². The number of likely N-dealkylation sites (N-methyl/N-ethyl adjacent to an activating group) is 1. The minimum atomic E-state index is -1.63. The molecule has 9 nitrogen and oxygen atoms in total. The molecule has 0 saturated heterocycles. The number of aliphatic carboxylic acids is 1. The van der Waals surface area contributed by atoms with Crippen molar-refractivity contribution in [1.82, 2.24) is 0 Å². The highest BCUT2D eigenvalue weighted by Gasteiger charge is 2.22.